The Bertz CT molecular complexity index is 759. The normalized spacial score (nSPS) is 11.5. The van der Waals surface area contributed by atoms with E-state index in [0.717, 1.165) is 0 Å². The molecule has 2 aromatic rings. The average molecular weight is 339 g/mol. The van der Waals surface area contributed by atoms with E-state index >= 15 is 0 Å². The summed E-state index contributed by atoms with van der Waals surface area (Å²) < 4.78 is 29.4. The standard InChI is InChI=1S/C15H15ClN2O3S/c1-2-21-13-7-9-14(10-8-13)22(19,20)18-17-11-12-5-3-4-6-15(12)16/h3-11,18H,2H2,1H3. The summed E-state index contributed by atoms with van der Waals surface area (Å²) in [5.74, 6) is 0.612. The van der Waals surface area contributed by atoms with Crippen LogP contribution in [0.25, 0.3) is 0 Å². The molecule has 7 heteroatoms. The molecule has 22 heavy (non-hydrogen) atoms. The number of sulfonamides is 1. The van der Waals surface area contributed by atoms with Crippen molar-refractivity contribution < 1.29 is 13.2 Å². The van der Waals surface area contributed by atoms with E-state index in [4.69, 9.17) is 16.3 Å². The molecule has 0 saturated heterocycles. The van der Waals surface area contributed by atoms with Crippen molar-refractivity contribution in [2.45, 2.75) is 11.8 Å². The molecule has 1 N–H and O–H groups in total. The molecule has 5 nitrogen and oxygen atoms in total. The molecule has 0 aliphatic heterocycles. The van der Waals surface area contributed by atoms with Crippen molar-refractivity contribution in [3.8, 4) is 5.75 Å². The van der Waals surface area contributed by atoms with Crippen molar-refractivity contribution >= 4 is 27.8 Å². The van der Waals surface area contributed by atoms with Crippen LogP contribution in [0.4, 0.5) is 0 Å². The van der Waals surface area contributed by atoms with Gasteiger partial charge in [0, 0.05) is 10.6 Å². The monoisotopic (exact) mass is 338 g/mol. The van der Waals surface area contributed by atoms with Crippen LogP contribution in [0, 0.1) is 0 Å². The second-order valence-corrected chi connectivity index (χ2v) is 6.35. The molecule has 0 heterocycles. The molecule has 116 valence electrons. The highest BCUT2D eigenvalue weighted by Gasteiger charge is 2.12. The van der Waals surface area contributed by atoms with Crippen LogP contribution in [-0.2, 0) is 10.0 Å². The first-order chi connectivity index (χ1) is 10.5. The predicted octanol–water partition coefficient (Wildman–Crippen LogP) is 3.05. The Hall–Kier alpha value is -2.05. The number of hydrogen-bond acceptors (Lipinski definition) is 4. The Labute approximate surface area is 134 Å². The van der Waals surface area contributed by atoms with Crippen LogP contribution in [0.3, 0.4) is 0 Å². The summed E-state index contributed by atoms with van der Waals surface area (Å²) in [4.78, 5) is 2.25. The minimum absolute atomic E-state index is 0.104. The smallest absolute Gasteiger partial charge is 0.276 e. The van der Waals surface area contributed by atoms with Crippen LogP contribution in [0.2, 0.25) is 5.02 Å². The maximum absolute atomic E-state index is 12.1. The molecule has 2 rings (SSSR count). The summed E-state index contributed by atoms with van der Waals surface area (Å²) in [7, 11) is -3.72. The zero-order chi connectivity index (χ0) is 16.0. The van der Waals surface area contributed by atoms with Gasteiger partial charge in [0.25, 0.3) is 10.0 Å². The minimum atomic E-state index is -3.72. The van der Waals surface area contributed by atoms with Gasteiger partial charge < -0.3 is 4.74 Å². The van der Waals surface area contributed by atoms with Gasteiger partial charge in [-0.2, -0.15) is 13.5 Å². The molecule has 0 radical (unpaired) electrons. The van der Waals surface area contributed by atoms with E-state index in [1.165, 1.54) is 18.3 Å². The molecule has 0 aliphatic rings. The summed E-state index contributed by atoms with van der Waals surface area (Å²) in [6, 6.07) is 13.1. The Morgan fingerprint density at radius 1 is 1.18 bits per heavy atom. The van der Waals surface area contributed by atoms with Gasteiger partial charge in [-0.15, -0.1) is 0 Å². The molecule has 0 spiro atoms. The van der Waals surface area contributed by atoms with Gasteiger partial charge in [-0.3, -0.25) is 0 Å². The summed E-state index contributed by atoms with van der Waals surface area (Å²) in [5, 5.41) is 4.22. The van der Waals surface area contributed by atoms with Gasteiger partial charge in [0.05, 0.1) is 17.7 Å². The van der Waals surface area contributed by atoms with E-state index in [2.05, 4.69) is 9.93 Å². The summed E-state index contributed by atoms with van der Waals surface area (Å²) in [6.45, 7) is 2.38. The Kier molecular flexibility index (Phi) is 5.41. The van der Waals surface area contributed by atoms with Gasteiger partial charge in [-0.25, -0.2) is 4.83 Å². The first-order valence-electron chi connectivity index (χ1n) is 6.55. The number of nitrogens with one attached hydrogen (secondary N) is 1. The number of benzene rings is 2. The van der Waals surface area contributed by atoms with Crippen molar-refractivity contribution in [1.82, 2.24) is 4.83 Å². The quantitative estimate of drug-likeness (QED) is 0.650. The lowest BCUT2D eigenvalue weighted by Gasteiger charge is -2.05. The number of nitrogens with zero attached hydrogens (tertiary/aromatic N) is 1. The van der Waals surface area contributed by atoms with Crippen molar-refractivity contribution in [2.75, 3.05) is 6.61 Å². The van der Waals surface area contributed by atoms with Crippen LogP contribution in [0.15, 0.2) is 58.5 Å². The van der Waals surface area contributed by atoms with E-state index in [1.54, 1.807) is 36.4 Å². The number of hydrogen-bond donors (Lipinski definition) is 1. The van der Waals surface area contributed by atoms with Crippen LogP contribution in [-0.4, -0.2) is 21.2 Å². The molecule has 2 aromatic carbocycles. The van der Waals surface area contributed by atoms with Crippen molar-refractivity contribution in [1.29, 1.82) is 0 Å². The third-order valence-corrected chi connectivity index (χ3v) is 4.31. The zero-order valence-corrected chi connectivity index (χ0v) is 13.4. The fourth-order valence-corrected chi connectivity index (χ4v) is 2.66. The molecule has 0 atom stereocenters. The second-order valence-electron chi connectivity index (χ2n) is 4.28. The van der Waals surface area contributed by atoms with Crippen LogP contribution in [0.1, 0.15) is 12.5 Å². The lowest BCUT2D eigenvalue weighted by atomic mass is 10.2. The van der Waals surface area contributed by atoms with Gasteiger partial charge in [0.1, 0.15) is 5.75 Å². The van der Waals surface area contributed by atoms with E-state index in [9.17, 15) is 8.42 Å². The number of ether oxygens (including phenoxy) is 1. The van der Waals surface area contributed by atoms with Gasteiger partial charge in [0.2, 0.25) is 0 Å². The minimum Gasteiger partial charge on any atom is -0.494 e. The van der Waals surface area contributed by atoms with Gasteiger partial charge >= 0.3 is 0 Å². The Morgan fingerprint density at radius 2 is 1.86 bits per heavy atom. The molecular weight excluding hydrogens is 324 g/mol. The maximum Gasteiger partial charge on any atom is 0.276 e. The molecule has 0 unspecified atom stereocenters. The molecular formula is C15H15ClN2O3S. The highest BCUT2D eigenvalue weighted by Crippen LogP contribution is 2.16. The Morgan fingerprint density at radius 3 is 2.50 bits per heavy atom. The fourth-order valence-electron chi connectivity index (χ4n) is 1.68. The fraction of sp³-hybridized carbons (Fsp3) is 0.133. The van der Waals surface area contributed by atoms with Crippen LogP contribution in [0.5, 0.6) is 5.75 Å². The highest BCUT2D eigenvalue weighted by molar-refractivity contribution is 7.89. The van der Waals surface area contributed by atoms with Gasteiger partial charge in [0.15, 0.2) is 0 Å². The lowest BCUT2D eigenvalue weighted by molar-refractivity contribution is 0.340. The molecule has 0 fully saturated rings. The predicted molar refractivity (Wildman–Crippen MR) is 87.0 cm³/mol. The summed E-state index contributed by atoms with van der Waals surface area (Å²) in [5.41, 5.74) is 0.624. The summed E-state index contributed by atoms with van der Waals surface area (Å²) in [6.07, 6.45) is 1.36. The largest absolute Gasteiger partial charge is 0.494 e. The molecule has 0 saturated carbocycles. The van der Waals surface area contributed by atoms with Gasteiger partial charge in [-0.1, -0.05) is 29.8 Å². The Balaban J connectivity index is 2.09. The summed E-state index contributed by atoms with van der Waals surface area (Å²) >= 11 is 5.96. The number of hydrazone groups is 1. The van der Waals surface area contributed by atoms with Crippen LogP contribution >= 0.6 is 11.6 Å². The van der Waals surface area contributed by atoms with E-state index in [-0.39, 0.29) is 4.90 Å². The van der Waals surface area contributed by atoms with E-state index in [1.807, 2.05) is 6.92 Å². The first-order valence-corrected chi connectivity index (χ1v) is 8.41. The van der Waals surface area contributed by atoms with Crippen LogP contribution < -0.4 is 9.57 Å². The first kappa shape index (κ1) is 16.3. The highest BCUT2D eigenvalue weighted by atomic mass is 35.5. The molecule has 0 bridgehead atoms. The molecule has 0 amide bonds. The zero-order valence-electron chi connectivity index (χ0n) is 11.9. The van der Waals surface area contributed by atoms with Crippen molar-refractivity contribution in [3.63, 3.8) is 0 Å². The third-order valence-electron chi connectivity index (χ3n) is 2.73. The molecule has 0 aliphatic carbocycles. The van der Waals surface area contributed by atoms with Gasteiger partial charge in [-0.05, 0) is 37.3 Å². The molecule has 0 aromatic heterocycles. The number of halogens is 1. The number of rotatable bonds is 6. The topological polar surface area (TPSA) is 67.8 Å². The van der Waals surface area contributed by atoms with E-state index < -0.39 is 10.0 Å². The SMILES string of the molecule is CCOc1ccc(S(=O)(=O)NN=Cc2ccccc2Cl)cc1. The van der Waals surface area contributed by atoms with E-state index in [0.29, 0.717) is 22.9 Å². The maximum atomic E-state index is 12.1. The van der Waals surface area contributed by atoms with Crippen molar-refractivity contribution in [2.24, 2.45) is 5.10 Å². The lowest BCUT2D eigenvalue weighted by Crippen LogP contribution is -2.18. The van der Waals surface area contributed by atoms with Crippen molar-refractivity contribution in [3.05, 3.63) is 59.1 Å². The third kappa shape index (κ3) is 4.22. The average Bonchev–Trinajstić information content (AvgIpc) is 2.50. The second kappa shape index (κ2) is 7.29.